The van der Waals surface area contributed by atoms with Gasteiger partial charge in [-0.3, -0.25) is 0 Å². The van der Waals surface area contributed by atoms with E-state index in [-0.39, 0.29) is 5.92 Å². The summed E-state index contributed by atoms with van der Waals surface area (Å²) in [5, 5.41) is 7.73. The molecular weight excluding hydrogens is 276 g/mol. The molecule has 0 fully saturated rings. The Balaban J connectivity index is 2.44. The lowest BCUT2D eigenvalue weighted by atomic mass is 10.2. The van der Waals surface area contributed by atoms with Gasteiger partial charge in [-0.15, -0.1) is 5.10 Å². The van der Waals surface area contributed by atoms with Crippen LogP contribution in [0.25, 0.3) is 0 Å². The number of rotatable bonds is 1. The molecule has 0 amide bonds. The quantitative estimate of drug-likeness (QED) is 0.788. The fourth-order valence-corrected chi connectivity index (χ4v) is 1.56. The van der Waals surface area contributed by atoms with E-state index in [2.05, 4.69) is 36.1 Å². The molecule has 0 aromatic carbocycles. The van der Waals surface area contributed by atoms with Crippen LogP contribution in [-0.4, -0.2) is 35.6 Å². The van der Waals surface area contributed by atoms with Gasteiger partial charge in [0.2, 0.25) is 4.73 Å². The predicted octanol–water partition coefficient (Wildman–Crippen LogP) is 1.27. The average Bonchev–Trinajstić information content (AvgIpc) is 2.84. The van der Waals surface area contributed by atoms with E-state index < -0.39 is 6.03 Å². The zero-order valence-electron chi connectivity index (χ0n) is 8.70. The highest BCUT2D eigenvalue weighted by Gasteiger charge is 2.19. The maximum absolute atomic E-state index is 11.9. The van der Waals surface area contributed by atoms with Crippen LogP contribution in [0.3, 0.4) is 0 Å². The summed E-state index contributed by atoms with van der Waals surface area (Å²) in [7, 11) is 0. The standard InChI is InChI=1S/C8H9BrN6O/c1-5(2)6-12-7(9)13-15(6)8(16)14-4-10-3-11-14/h3-5H,1-2H3. The number of carbonyl (C=O) groups excluding carboxylic acids is 1. The third-order valence-corrected chi connectivity index (χ3v) is 2.25. The fraction of sp³-hybridized carbons (Fsp3) is 0.375. The van der Waals surface area contributed by atoms with Gasteiger partial charge in [0.05, 0.1) is 0 Å². The molecule has 2 heterocycles. The van der Waals surface area contributed by atoms with Gasteiger partial charge in [-0.25, -0.2) is 14.8 Å². The van der Waals surface area contributed by atoms with Crippen LogP contribution in [-0.2, 0) is 0 Å². The molecule has 0 bridgehead atoms. The van der Waals surface area contributed by atoms with Crippen molar-refractivity contribution < 1.29 is 4.79 Å². The van der Waals surface area contributed by atoms with Crippen LogP contribution in [0.2, 0.25) is 0 Å². The molecule has 0 atom stereocenters. The van der Waals surface area contributed by atoms with Crippen molar-refractivity contribution >= 4 is 22.0 Å². The molecule has 8 heteroatoms. The Kier molecular flexibility index (Phi) is 2.82. The largest absolute Gasteiger partial charge is 0.372 e. The first kappa shape index (κ1) is 10.9. The van der Waals surface area contributed by atoms with Gasteiger partial charge < -0.3 is 0 Å². The van der Waals surface area contributed by atoms with Crippen LogP contribution in [0.15, 0.2) is 17.4 Å². The molecule has 84 valence electrons. The zero-order valence-corrected chi connectivity index (χ0v) is 10.3. The SMILES string of the molecule is CC(C)c1nc(Br)nn1C(=O)n1cncn1. The minimum absolute atomic E-state index is 0.0891. The first-order valence-electron chi connectivity index (χ1n) is 4.61. The van der Waals surface area contributed by atoms with Crippen LogP contribution in [0.4, 0.5) is 4.79 Å². The maximum atomic E-state index is 11.9. The van der Waals surface area contributed by atoms with Gasteiger partial charge in [-0.2, -0.15) is 14.5 Å². The van der Waals surface area contributed by atoms with Gasteiger partial charge in [0.15, 0.2) is 0 Å². The Morgan fingerprint density at radius 3 is 2.81 bits per heavy atom. The normalized spacial score (nSPS) is 11.0. The van der Waals surface area contributed by atoms with Gasteiger partial charge in [-0.05, 0) is 15.9 Å². The molecule has 16 heavy (non-hydrogen) atoms. The van der Waals surface area contributed by atoms with Crippen LogP contribution >= 0.6 is 15.9 Å². The molecule has 7 nitrogen and oxygen atoms in total. The Hall–Kier alpha value is -1.57. The number of hydrogen-bond acceptors (Lipinski definition) is 5. The smallest absolute Gasteiger partial charge is 0.243 e. The summed E-state index contributed by atoms with van der Waals surface area (Å²) >= 11 is 3.14. The molecule has 2 aromatic rings. The molecule has 2 rings (SSSR count). The van der Waals surface area contributed by atoms with Crippen LogP contribution in [0.5, 0.6) is 0 Å². The molecule has 0 spiro atoms. The highest BCUT2D eigenvalue weighted by molar-refractivity contribution is 9.10. The van der Waals surface area contributed by atoms with Crippen molar-refractivity contribution in [3.8, 4) is 0 Å². The Morgan fingerprint density at radius 1 is 1.50 bits per heavy atom. The highest BCUT2D eigenvalue weighted by Crippen LogP contribution is 2.14. The van der Waals surface area contributed by atoms with Gasteiger partial charge >= 0.3 is 6.03 Å². The van der Waals surface area contributed by atoms with E-state index in [4.69, 9.17) is 0 Å². The van der Waals surface area contributed by atoms with Crippen molar-refractivity contribution in [3.05, 3.63) is 23.2 Å². The number of halogens is 1. The van der Waals surface area contributed by atoms with Gasteiger partial charge in [-0.1, -0.05) is 13.8 Å². The second-order valence-corrected chi connectivity index (χ2v) is 4.14. The van der Waals surface area contributed by atoms with E-state index in [0.29, 0.717) is 10.6 Å². The van der Waals surface area contributed by atoms with E-state index in [9.17, 15) is 4.79 Å². The molecule has 0 saturated heterocycles. The maximum Gasteiger partial charge on any atom is 0.372 e. The zero-order chi connectivity index (χ0) is 11.7. The van der Waals surface area contributed by atoms with Crippen LogP contribution in [0.1, 0.15) is 25.6 Å². The van der Waals surface area contributed by atoms with E-state index in [1.54, 1.807) is 0 Å². The minimum Gasteiger partial charge on any atom is -0.243 e. The molecule has 0 N–H and O–H groups in total. The van der Waals surface area contributed by atoms with Crippen LogP contribution in [0, 0.1) is 0 Å². The molecule has 0 aliphatic rings. The van der Waals surface area contributed by atoms with Crippen molar-refractivity contribution in [2.75, 3.05) is 0 Å². The topological polar surface area (TPSA) is 78.5 Å². The Labute approximate surface area is 99.6 Å². The second-order valence-electron chi connectivity index (χ2n) is 3.43. The number of aromatic nitrogens is 6. The van der Waals surface area contributed by atoms with Gasteiger partial charge in [0.25, 0.3) is 0 Å². The highest BCUT2D eigenvalue weighted by atomic mass is 79.9. The lowest BCUT2D eigenvalue weighted by Crippen LogP contribution is -2.23. The van der Waals surface area contributed by atoms with E-state index in [1.165, 1.54) is 17.3 Å². The third kappa shape index (κ3) is 1.87. The predicted molar refractivity (Wildman–Crippen MR) is 58.0 cm³/mol. The lowest BCUT2D eigenvalue weighted by Gasteiger charge is -2.05. The summed E-state index contributed by atoms with van der Waals surface area (Å²) in [5.41, 5.74) is 0. The second kappa shape index (κ2) is 4.12. The Bertz CT molecular complexity index is 503. The third-order valence-electron chi connectivity index (χ3n) is 1.92. The van der Waals surface area contributed by atoms with Crippen molar-refractivity contribution in [2.45, 2.75) is 19.8 Å². The first-order valence-corrected chi connectivity index (χ1v) is 5.40. The summed E-state index contributed by atoms with van der Waals surface area (Å²) < 4.78 is 2.70. The average molecular weight is 285 g/mol. The molecular formula is C8H9BrN6O. The van der Waals surface area contributed by atoms with Crippen molar-refractivity contribution in [1.82, 2.24) is 29.5 Å². The van der Waals surface area contributed by atoms with Gasteiger partial charge in [0.1, 0.15) is 18.5 Å². The molecule has 0 unspecified atom stereocenters. The van der Waals surface area contributed by atoms with E-state index in [0.717, 1.165) is 4.68 Å². The van der Waals surface area contributed by atoms with Crippen molar-refractivity contribution in [1.29, 1.82) is 0 Å². The van der Waals surface area contributed by atoms with Crippen LogP contribution < -0.4 is 0 Å². The molecule has 0 saturated carbocycles. The lowest BCUT2D eigenvalue weighted by molar-refractivity contribution is 0.237. The number of carbonyl (C=O) groups is 1. The minimum atomic E-state index is -0.403. The van der Waals surface area contributed by atoms with E-state index in [1.807, 2.05) is 13.8 Å². The molecule has 2 aromatic heterocycles. The summed E-state index contributed by atoms with van der Waals surface area (Å²) in [6, 6.07) is -0.403. The summed E-state index contributed by atoms with van der Waals surface area (Å²) in [5.74, 6) is 0.665. The summed E-state index contributed by atoms with van der Waals surface area (Å²) in [6.07, 6.45) is 2.61. The number of hydrogen-bond donors (Lipinski definition) is 0. The van der Waals surface area contributed by atoms with E-state index >= 15 is 0 Å². The fourth-order valence-electron chi connectivity index (χ4n) is 1.22. The molecule has 0 aliphatic heterocycles. The Morgan fingerprint density at radius 2 is 2.25 bits per heavy atom. The van der Waals surface area contributed by atoms with Crippen molar-refractivity contribution in [3.63, 3.8) is 0 Å². The molecule has 0 aliphatic carbocycles. The molecule has 0 radical (unpaired) electrons. The first-order chi connectivity index (χ1) is 7.59. The van der Waals surface area contributed by atoms with Gasteiger partial charge in [0, 0.05) is 5.92 Å². The number of nitrogens with zero attached hydrogens (tertiary/aromatic N) is 6. The summed E-state index contributed by atoms with van der Waals surface area (Å²) in [6.45, 7) is 3.86. The monoisotopic (exact) mass is 284 g/mol. The summed E-state index contributed by atoms with van der Waals surface area (Å²) in [4.78, 5) is 19.8. The van der Waals surface area contributed by atoms with Crippen molar-refractivity contribution in [2.24, 2.45) is 0 Å².